The van der Waals surface area contributed by atoms with Crippen molar-refractivity contribution in [3.05, 3.63) is 101 Å². The minimum absolute atomic E-state index is 0.0806. The molecule has 0 fully saturated rings. The SMILES string of the molecule is CCC(CNC)/C(=C/Cc1ccc(C2=CCC(C)(c3ccccc3)C=C2)cc1)CN. The summed E-state index contributed by atoms with van der Waals surface area (Å²) < 4.78 is 0. The van der Waals surface area contributed by atoms with E-state index in [0.29, 0.717) is 12.5 Å². The highest BCUT2D eigenvalue weighted by Gasteiger charge is 2.24. The van der Waals surface area contributed by atoms with Gasteiger partial charge in [-0.25, -0.2) is 0 Å². The standard InChI is InChI=1S/C28H36N2/c1-4-23(21-30-3)26(20-29)15-12-22-10-13-24(14-11-22)25-16-18-28(2,19-17-25)27-8-6-5-7-9-27/h5-11,13-18,23,30H,4,12,19-21,29H2,1-3H3/b26-15+. The lowest BCUT2D eigenvalue weighted by molar-refractivity contribution is 0.543. The predicted octanol–water partition coefficient (Wildman–Crippen LogP) is 5.66. The maximum Gasteiger partial charge on any atom is 0.0142 e. The molecule has 3 rings (SSSR count). The summed E-state index contributed by atoms with van der Waals surface area (Å²) in [6, 6.07) is 19.8. The zero-order valence-electron chi connectivity index (χ0n) is 18.7. The molecule has 1 aliphatic carbocycles. The molecule has 2 aromatic rings. The molecule has 0 saturated carbocycles. The van der Waals surface area contributed by atoms with Crippen LogP contribution >= 0.6 is 0 Å². The van der Waals surface area contributed by atoms with Crippen LogP contribution in [0.5, 0.6) is 0 Å². The molecule has 0 aliphatic heterocycles. The van der Waals surface area contributed by atoms with Crippen molar-refractivity contribution in [3.8, 4) is 0 Å². The summed E-state index contributed by atoms with van der Waals surface area (Å²) in [5.41, 5.74) is 12.8. The van der Waals surface area contributed by atoms with E-state index in [0.717, 1.165) is 25.8 Å². The molecule has 3 N–H and O–H groups in total. The summed E-state index contributed by atoms with van der Waals surface area (Å²) in [5.74, 6) is 0.524. The second-order valence-electron chi connectivity index (χ2n) is 8.53. The van der Waals surface area contributed by atoms with Gasteiger partial charge in [0.2, 0.25) is 0 Å². The largest absolute Gasteiger partial charge is 0.327 e. The first-order valence-corrected chi connectivity index (χ1v) is 11.2. The van der Waals surface area contributed by atoms with Crippen molar-refractivity contribution in [1.82, 2.24) is 5.32 Å². The average Bonchev–Trinajstić information content (AvgIpc) is 2.80. The molecule has 0 bridgehead atoms. The van der Waals surface area contributed by atoms with E-state index in [4.69, 9.17) is 5.73 Å². The number of hydrogen-bond acceptors (Lipinski definition) is 2. The Hall–Kier alpha value is -2.42. The topological polar surface area (TPSA) is 38.0 Å². The zero-order chi connectivity index (χ0) is 21.4. The first kappa shape index (κ1) is 22.3. The van der Waals surface area contributed by atoms with E-state index < -0.39 is 0 Å². The fourth-order valence-electron chi connectivity index (χ4n) is 4.26. The molecule has 1 aliphatic rings. The number of rotatable bonds is 9. The molecule has 0 radical (unpaired) electrons. The van der Waals surface area contributed by atoms with E-state index in [9.17, 15) is 0 Å². The first-order chi connectivity index (χ1) is 14.6. The third-order valence-electron chi connectivity index (χ3n) is 6.40. The molecule has 2 aromatic carbocycles. The van der Waals surface area contributed by atoms with Crippen LogP contribution in [0.3, 0.4) is 0 Å². The van der Waals surface area contributed by atoms with Crippen molar-refractivity contribution in [2.45, 2.75) is 38.5 Å². The first-order valence-electron chi connectivity index (χ1n) is 11.2. The lowest BCUT2D eigenvalue weighted by Gasteiger charge is -2.28. The van der Waals surface area contributed by atoms with Gasteiger partial charge in [0.05, 0.1) is 0 Å². The second-order valence-corrected chi connectivity index (χ2v) is 8.53. The average molecular weight is 401 g/mol. The normalized spacial score (nSPS) is 20.1. The van der Waals surface area contributed by atoms with Crippen LogP contribution < -0.4 is 11.1 Å². The molecule has 0 heterocycles. The second kappa shape index (κ2) is 10.6. The Morgan fingerprint density at radius 3 is 2.43 bits per heavy atom. The van der Waals surface area contributed by atoms with E-state index in [-0.39, 0.29) is 5.41 Å². The monoisotopic (exact) mass is 400 g/mol. The van der Waals surface area contributed by atoms with Crippen LogP contribution in [0, 0.1) is 5.92 Å². The van der Waals surface area contributed by atoms with Crippen LogP contribution in [0.1, 0.15) is 43.4 Å². The molecule has 30 heavy (non-hydrogen) atoms. The van der Waals surface area contributed by atoms with Crippen molar-refractivity contribution < 1.29 is 0 Å². The maximum absolute atomic E-state index is 6.02. The summed E-state index contributed by atoms with van der Waals surface area (Å²) in [6.07, 6.45) is 12.4. The van der Waals surface area contributed by atoms with E-state index in [2.05, 4.69) is 98.1 Å². The molecule has 0 amide bonds. The van der Waals surface area contributed by atoms with Gasteiger partial charge in [-0.15, -0.1) is 0 Å². The highest BCUT2D eigenvalue weighted by molar-refractivity contribution is 5.76. The van der Waals surface area contributed by atoms with Crippen molar-refractivity contribution in [3.63, 3.8) is 0 Å². The lowest BCUT2D eigenvalue weighted by Crippen LogP contribution is -2.23. The Bertz CT molecular complexity index is 890. The lowest BCUT2D eigenvalue weighted by atomic mass is 9.75. The molecule has 2 unspecified atom stereocenters. The smallest absolute Gasteiger partial charge is 0.0142 e. The number of hydrogen-bond donors (Lipinski definition) is 2. The van der Waals surface area contributed by atoms with E-state index >= 15 is 0 Å². The van der Waals surface area contributed by atoms with Crippen molar-refractivity contribution in [2.24, 2.45) is 11.7 Å². The van der Waals surface area contributed by atoms with Gasteiger partial charge in [0, 0.05) is 18.5 Å². The fourth-order valence-corrected chi connectivity index (χ4v) is 4.26. The van der Waals surface area contributed by atoms with Gasteiger partial charge in [-0.1, -0.05) is 98.3 Å². The van der Waals surface area contributed by atoms with E-state index in [1.807, 2.05) is 7.05 Å². The van der Waals surface area contributed by atoms with Crippen molar-refractivity contribution >= 4 is 5.57 Å². The molecule has 2 heteroatoms. The molecular formula is C28H36N2. The Morgan fingerprint density at radius 2 is 1.87 bits per heavy atom. The van der Waals surface area contributed by atoms with E-state index in [1.54, 1.807) is 0 Å². The van der Waals surface area contributed by atoms with Gasteiger partial charge in [0.25, 0.3) is 0 Å². The number of allylic oxidation sites excluding steroid dienone is 5. The molecule has 0 saturated heterocycles. The van der Waals surface area contributed by atoms with Crippen LogP contribution in [0.2, 0.25) is 0 Å². The number of benzene rings is 2. The summed E-state index contributed by atoms with van der Waals surface area (Å²) in [4.78, 5) is 0. The fraction of sp³-hybridized carbons (Fsp3) is 0.357. The van der Waals surface area contributed by atoms with Crippen LogP contribution in [0.4, 0.5) is 0 Å². The molecule has 2 atom stereocenters. The number of nitrogens with one attached hydrogen (secondary N) is 1. The van der Waals surface area contributed by atoms with Gasteiger partial charge in [0.1, 0.15) is 0 Å². The van der Waals surface area contributed by atoms with Crippen LogP contribution in [-0.4, -0.2) is 20.1 Å². The van der Waals surface area contributed by atoms with Crippen LogP contribution in [0.25, 0.3) is 5.57 Å². The summed E-state index contributed by atoms with van der Waals surface area (Å²) in [5, 5.41) is 3.28. The Morgan fingerprint density at radius 1 is 1.13 bits per heavy atom. The van der Waals surface area contributed by atoms with Gasteiger partial charge >= 0.3 is 0 Å². The number of nitrogens with two attached hydrogens (primary N) is 1. The van der Waals surface area contributed by atoms with Gasteiger partial charge in [-0.2, -0.15) is 0 Å². The van der Waals surface area contributed by atoms with E-state index in [1.165, 1.54) is 27.8 Å². The maximum atomic E-state index is 6.02. The highest BCUT2D eigenvalue weighted by atomic mass is 14.8. The minimum atomic E-state index is 0.0806. The summed E-state index contributed by atoms with van der Waals surface area (Å²) in [6.45, 7) is 6.17. The third-order valence-corrected chi connectivity index (χ3v) is 6.40. The van der Waals surface area contributed by atoms with Crippen LogP contribution in [0.15, 0.2) is 84.5 Å². The highest BCUT2D eigenvalue weighted by Crippen LogP contribution is 2.36. The Labute approximate surface area is 182 Å². The van der Waals surface area contributed by atoms with Gasteiger partial charge in [0.15, 0.2) is 0 Å². The third kappa shape index (κ3) is 5.38. The van der Waals surface area contributed by atoms with Gasteiger partial charge in [-0.05, 0) is 54.5 Å². The van der Waals surface area contributed by atoms with Gasteiger partial charge in [-0.3, -0.25) is 0 Å². The molecule has 2 nitrogen and oxygen atoms in total. The zero-order valence-corrected chi connectivity index (χ0v) is 18.7. The summed E-state index contributed by atoms with van der Waals surface area (Å²) >= 11 is 0. The van der Waals surface area contributed by atoms with Gasteiger partial charge < -0.3 is 11.1 Å². The molecule has 0 spiro atoms. The minimum Gasteiger partial charge on any atom is -0.327 e. The molecule has 0 aromatic heterocycles. The van der Waals surface area contributed by atoms with Crippen molar-refractivity contribution in [2.75, 3.05) is 20.1 Å². The Kier molecular flexibility index (Phi) is 7.84. The Balaban J connectivity index is 1.66. The molecular weight excluding hydrogens is 364 g/mol. The summed E-state index contributed by atoms with van der Waals surface area (Å²) in [7, 11) is 2.01. The quantitative estimate of drug-likeness (QED) is 0.533. The molecule has 158 valence electrons. The predicted molar refractivity (Wildman–Crippen MR) is 131 cm³/mol. The van der Waals surface area contributed by atoms with Crippen LogP contribution in [-0.2, 0) is 11.8 Å². The van der Waals surface area contributed by atoms with Crippen molar-refractivity contribution in [1.29, 1.82) is 0 Å².